The third-order valence-electron chi connectivity index (χ3n) is 5.65. The van der Waals surface area contributed by atoms with Crippen molar-refractivity contribution in [3.8, 4) is 0 Å². The lowest BCUT2D eigenvalue weighted by Crippen LogP contribution is -2.48. The number of thiazole rings is 2. The van der Waals surface area contributed by atoms with Gasteiger partial charge in [0.2, 0.25) is 0 Å². The number of fused-ring (bicyclic) bond motifs is 2. The van der Waals surface area contributed by atoms with Gasteiger partial charge in [0.05, 0.1) is 20.4 Å². The highest BCUT2D eigenvalue weighted by Crippen LogP contribution is 2.32. The van der Waals surface area contributed by atoms with Crippen molar-refractivity contribution >= 4 is 54.1 Å². The molecule has 4 aromatic rings. The molecule has 0 saturated carbocycles. The molecule has 1 aliphatic heterocycles. The zero-order valence-electron chi connectivity index (χ0n) is 17.7. The number of carbonyl (C=O) groups excluding carboxylic acids is 1. The third-order valence-corrected chi connectivity index (χ3v) is 7.96. The summed E-state index contributed by atoms with van der Waals surface area (Å²) in [6, 6.07) is 12.3. The molecule has 0 radical (unpaired) electrons. The van der Waals surface area contributed by atoms with Crippen LogP contribution in [-0.2, 0) is 0 Å². The Kier molecular flexibility index (Phi) is 5.60. The fourth-order valence-corrected chi connectivity index (χ4v) is 5.98. The highest BCUT2D eigenvalue weighted by atomic mass is 32.1. The Labute approximate surface area is 189 Å². The molecule has 160 valence electrons. The number of hydrogen-bond donors (Lipinski definition) is 1. The largest absolute Gasteiger partial charge is 0.349 e. The average molecular weight is 452 g/mol. The Hall–Kier alpha value is -2.55. The van der Waals surface area contributed by atoms with Crippen LogP contribution < -0.4 is 10.2 Å². The second-order valence-corrected chi connectivity index (χ2v) is 10.0. The van der Waals surface area contributed by atoms with Gasteiger partial charge in [0.15, 0.2) is 10.1 Å². The number of aryl methyl sites for hydroxylation is 2. The maximum Gasteiger partial charge on any atom is 0.280 e. The highest BCUT2D eigenvalue weighted by Gasteiger charge is 2.20. The molecular weight excluding hydrogens is 426 g/mol. The molecule has 0 aliphatic carbocycles. The van der Waals surface area contributed by atoms with Gasteiger partial charge in [-0.25, -0.2) is 9.97 Å². The van der Waals surface area contributed by atoms with E-state index in [-0.39, 0.29) is 5.91 Å². The molecule has 31 heavy (non-hydrogen) atoms. The Bertz CT molecular complexity index is 1210. The van der Waals surface area contributed by atoms with Crippen molar-refractivity contribution in [2.24, 2.45) is 0 Å². The van der Waals surface area contributed by atoms with Crippen LogP contribution in [0.4, 0.5) is 5.13 Å². The Morgan fingerprint density at radius 3 is 2.65 bits per heavy atom. The summed E-state index contributed by atoms with van der Waals surface area (Å²) in [7, 11) is 0. The van der Waals surface area contributed by atoms with Crippen LogP contribution in [0.1, 0.15) is 20.9 Å². The summed E-state index contributed by atoms with van der Waals surface area (Å²) >= 11 is 3.24. The predicted molar refractivity (Wildman–Crippen MR) is 130 cm³/mol. The normalized spacial score (nSPS) is 15.1. The molecule has 5 rings (SSSR count). The van der Waals surface area contributed by atoms with Crippen LogP contribution in [-0.4, -0.2) is 60.0 Å². The van der Waals surface area contributed by atoms with Crippen molar-refractivity contribution in [2.75, 3.05) is 44.2 Å². The van der Waals surface area contributed by atoms with Crippen molar-refractivity contribution in [1.82, 2.24) is 20.2 Å². The fraction of sp³-hybridized carbons (Fsp3) is 0.348. The number of anilines is 1. The van der Waals surface area contributed by atoms with Crippen molar-refractivity contribution in [3.63, 3.8) is 0 Å². The third kappa shape index (κ3) is 4.28. The van der Waals surface area contributed by atoms with E-state index >= 15 is 0 Å². The van der Waals surface area contributed by atoms with Gasteiger partial charge >= 0.3 is 0 Å². The van der Waals surface area contributed by atoms with Gasteiger partial charge in [-0.2, -0.15) is 0 Å². The number of para-hydroxylation sites is 1. The van der Waals surface area contributed by atoms with Crippen LogP contribution in [0, 0.1) is 13.8 Å². The monoisotopic (exact) mass is 451 g/mol. The molecule has 0 spiro atoms. The molecule has 1 aliphatic rings. The molecule has 8 heteroatoms. The molecule has 1 N–H and O–H groups in total. The summed E-state index contributed by atoms with van der Waals surface area (Å²) in [5.74, 6) is -0.0834. The second kappa shape index (κ2) is 8.53. The van der Waals surface area contributed by atoms with Crippen molar-refractivity contribution in [3.05, 3.63) is 52.5 Å². The summed E-state index contributed by atoms with van der Waals surface area (Å²) < 4.78 is 2.34. The smallest absolute Gasteiger partial charge is 0.280 e. The number of rotatable bonds is 5. The van der Waals surface area contributed by atoms with E-state index in [9.17, 15) is 4.79 Å². The fourth-order valence-electron chi connectivity index (χ4n) is 4.04. The minimum absolute atomic E-state index is 0.0834. The summed E-state index contributed by atoms with van der Waals surface area (Å²) in [4.78, 5) is 26.5. The molecule has 6 nitrogen and oxygen atoms in total. The van der Waals surface area contributed by atoms with Gasteiger partial charge in [-0.05, 0) is 43.2 Å². The molecule has 2 aromatic carbocycles. The minimum Gasteiger partial charge on any atom is -0.349 e. The zero-order valence-corrected chi connectivity index (χ0v) is 19.4. The zero-order chi connectivity index (χ0) is 21.4. The predicted octanol–water partition coefficient (Wildman–Crippen LogP) is 4.07. The molecule has 0 atom stereocenters. The first kappa shape index (κ1) is 20.4. The van der Waals surface area contributed by atoms with Gasteiger partial charge in [-0.3, -0.25) is 9.69 Å². The molecule has 2 aromatic heterocycles. The maximum atomic E-state index is 12.4. The van der Waals surface area contributed by atoms with Crippen molar-refractivity contribution in [2.45, 2.75) is 13.8 Å². The Balaban J connectivity index is 1.12. The van der Waals surface area contributed by atoms with E-state index in [2.05, 4.69) is 46.1 Å². The van der Waals surface area contributed by atoms with Crippen LogP contribution in [0.25, 0.3) is 20.4 Å². The molecule has 0 unspecified atom stereocenters. The SMILES string of the molecule is Cc1cc(C)c2sc(N3CCN(CCNC(=O)c4nc5ccccc5s4)CC3)nc2c1. The van der Waals surface area contributed by atoms with Crippen LogP contribution >= 0.6 is 22.7 Å². The van der Waals surface area contributed by atoms with E-state index in [1.54, 1.807) is 11.3 Å². The molecular formula is C23H25N5OS2. The molecule has 3 heterocycles. The number of nitrogens with one attached hydrogen (secondary N) is 1. The van der Waals surface area contributed by atoms with E-state index < -0.39 is 0 Å². The van der Waals surface area contributed by atoms with E-state index in [4.69, 9.17) is 4.98 Å². The topological polar surface area (TPSA) is 61.4 Å². The number of carbonyl (C=O) groups is 1. The number of aromatic nitrogens is 2. The number of amides is 1. The molecule has 1 saturated heterocycles. The van der Waals surface area contributed by atoms with Crippen LogP contribution in [0.15, 0.2) is 36.4 Å². The summed E-state index contributed by atoms with van der Waals surface area (Å²) in [5.41, 5.74) is 4.56. The first-order valence-corrected chi connectivity index (χ1v) is 12.2. The number of piperazine rings is 1. The van der Waals surface area contributed by atoms with Gasteiger partial charge in [0.25, 0.3) is 5.91 Å². The Morgan fingerprint density at radius 2 is 1.84 bits per heavy atom. The van der Waals surface area contributed by atoms with Crippen molar-refractivity contribution < 1.29 is 4.79 Å². The first-order valence-electron chi connectivity index (χ1n) is 10.6. The van der Waals surface area contributed by atoms with Crippen LogP contribution in [0.2, 0.25) is 0 Å². The summed E-state index contributed by atoms with van der Waals surface area (Å²) in [5, 5.41) is 4.68. The number of hydrogen-bond acceptors (Lipinski definition) is 7. The first-order chi connectivity index (χ1) is 15.1. The van der Waals surface area contributed by atoms with Crippen LogP contribution in [0.5, 0.6) is 0 Å². The maximum absolute atomic E-state index is 12.4. The second-order valence-electron chi connectivity index (χ2n) is 8.00. The lowest BCUT2D eigenvalue weighted by Gasteiger charge is -2.34. The van der Waals surface area contributed by atoms with E-state index in [1.807, 2.05) is 24.3 Å². The van der Waals surface area contributed by atoms with E-state index in [1.165, 1.54) is 27.2 Å². The van der Waals surface area contributed by atoms with Crippen LogP contribution in [0.3, 0.4) is 0 Å². The Morgan fingerprint density at radius 1 is 1.03 bits per heavy atom. The minimum atomic E-state index is -0.0834. The van der Waals surface area contributed by atoms with E-state index in [0.29, 0.717) is 11.6 Å². The van der Waals surface area contributed by atoms with Gasteiger partial charge in [0.1, 0.15) is 0 Å². The highest BCUT2D eigenvalue weighted by molar-refractivity contribution is 7.22. The van der Waals surface area contributed by atoms with Crippen molar-refractivity contribution in [1.29, 1.82) is 0 Å². The summed E-state index contributed by atoms with van der Waals surface area (Å²) in [6.45, 7) is 9.65. The van der Waals surface area contributed by atoms with Gasteiger partial charge in [-0.1, -0.05) is 29.5 Å². The molecule has 0 bridgehead atoms. The molecule has 1 amide bonds. The average Bonchev–Trinajstić information content (AvgIpc) is 3.38. The number of nitrogens with zero attached hydrogens (tertiary/aromatic N) is 4. The van der Waals surface area contributed by atoms with Gasteiger partial charge in [-0.15, -0.1) is 11.3 Å². The molecule has 1 fully saturated rings. The van der Waals surface area contributed by atoms with Gasteiger partial charge < -0.3 is 10.2 Å². The lowest BCUT2D eigenvalue weighted by molar-refractivity contribution is 0.0947. The van der Waals surface area contributed by atoms with Gasteiger partial charge in [0, 0.05) is 39.3 Å². The lowest BCUT2D eigenvalue weighted by atomic mass is 10.1. The standard InChI is InChI=1S/C23H25N5OS2/c1-15-13-16(2)20-18(14-15)26-23(31-20)28-11-9-27(10-12-28)8-7-24-21(29)22-25-17-5-3-4-6-19(17)30-22/h3-6,13-14H,7-12H2,1-2H3,(H,24,29). The van der Waals surface area contributed by atoms with E-state index in [0.717, 1.165) is 53.6 Å². The number of benzene rings is 2. The quantitative estimate of drug-likeness (QED) is 0.496. The summed E-state index contributed by atoms with van der Waals surface area (Å²) in [6.07, 6.45) is 0.